The summed E-state index contributed by atoms with van der Waals surface area (Å²) in [7, 11) is 0. The van der Waals surface area contributed by atoms with Crippen LogP contribution in [0.2, 0.25) is 0 Å². The van der Waals surface area contributed by atoms with Crippen molar-refractivity contribution in [2.75, 3.05) is 19.9 Å². The standard InChI is InChI=1S/C20H22N2O4/c1-2-22(13-16-8-9-17-18(10-16)26-14-25-17)20(24)12-21-19(23)11-15-6-4-3-5-7-15/h3-10H,2,11-14H2,1H3,(H,21,23). The van der Waals surface area contributed by atoms with E-state index in [1.807, 2.05) is 55.5 Å². The Morgan fingerprint density at radius 2 is 1.81 bits per heavy atom. The quantitative estimate of drug-likeness (QED) is 0.827. The van der Waals surface area contributed by atoms with Crippen LogP contribution >= 0.6 is 0 Å². The van der Waals surface area contributed by atoms with E-state index in [1.165, 1.54) is 0 Å². The van der Waals surface area contributed by atoms with E-state index in [0.717, 1.165) is 16.9 Å². The number of amides is 2. The lowest BCUT2D eigenvalue weighted by Crippen LogP contribution is -2.40. The van der Waals surface area contributed by atoms with Crippen molar-refractivity contribution in [1.29, 1.82) is 0 Å². The zero-order chi connectivity index (χ0) is 18.4. The van der Waals surface area contributed by atoms with Gasteiger partial charge in [-0.2, -0.15) is 0 Å². The number of nitrogens with one attached hydrogen (secondary N) is 1. The van der Waals surface area contributed by atoms with E-state index in [1.54, 1.807) is 4.90 Å². The molecule has 0 atom stereocenters. The number of hydrogen-bond donors (Lipinski definition) is 1. The fourth-order valence-corrected chi connectivity index (χ4v) is 2.77. The molecule has 0 saturated heterocycles. The minimum Gasteiger partial charge on any atom is -0.454 e. The second-order valence-electron chi connectivity index (χ2n) is 6.03. The largest absolute Gasteiger partial charge is 0.454 e. The third-order valence-corrected chi connectivity index (χ3v) is 4.19. The topological polar surface area (TPSA) is 67.9 Å². The molecule has 2 aromatic rings. The first kappa shape index (κ1) is 17.8. The molecule has 0 saturated carbocycles. The van der Waals surface area contributed by atoms with Crippen molar-refractivity contribution in [2.45, 2.75) is 19.9 Å². The Hall–Kier alpha value is -3.02. The molecule has 0 radical (unpaired) electrons. The Morgan fingerprint density at radius 3 is 2.58 bits per heavy atom. The second-order valence-corrected chi connectivity index (χ2v) is 6.03. The Labute approximate surface area is 152 Å². The maximum Gasteiger partial charge on any atom is 0.242 e. The molecular formula is C20H22N2O4. The van der Waals surface area contributed by atoms with Gasteiger partial charge < -0.3 is 19.7 Å². The molecule has 1 N–H and O–H groups in total. The Morgan fingerprint density at radius 1 is 1.04 bits per heavy atom. The van der Waals surface area contributed by atoms with Crippen molar-refractivity contribution in [3.63, 3.8) is 0 Å². The van der Waals surface area contributed by atoms with Crippen molar-refractivity contribution in [2.24, 2.45) is 0 Å². The molecule has 1 aliphatic heterocycles. The number of ether oxygens (including phenoxy) is 2. The van der Waals surface area contributed by atoms with E-state index in [0.29, 0.717) is 18.8 Å². The zero-order valence-electron chi connectivity index (χ0n) is 14.7. The van der Waals surface area contributed by atoms with E-state index in [4.69, 9.17) is 9.47 Å². The van der Waals surface area contributed by atoms with Gasteiger partial charge in [0, 0.05) is 13.1 Å². The summed E-state index contributed by atoms with van der Waals surface area (Å²) in [4.78, 5) is 26.1. The van der Waals surface area contributed by atoms with Gasteiger partial charge in [-0.05, 0) is 30.2 Å². The van der Waals surface area contributed by atoms with Crippen molar-refractivity contribution in [3.8, 4) is 11.5 Å². The summed E-state index contributed by atoms with van der Waals surface area (Å²) in [5, 5.41) is 2.70. The number of rotatable bonds is 7. The van der Waals surface area contributed by atoms with Crippen molar-refractivity contribution in [1.82, 2.24) is 10.2 Å². The molecule has 6 nitrogen and oxygen atoms in total. The van der Waals surface area contributed by atoms with Gasteiger partial charge in [-0.15, -0.1) is 0 Å². The first-order chi connectivity index (χ1) is 12.7. The minimum atomic E-state index is -0.163. The zero-order valence-corrected chi connectivity index (χ0v) is 14.7. The predicted octanol–water partition coefficient (Wildman–Crippen LogP) is 2.12. The summed E-state index contributed by atoms with van der Waals surface area (Å²) < 4.78 is 10.7. The second kappa shape index (κ2) is 8.38. The normalized spacial score (nSPS) is 11.9. The van der Waals surface area contributed by atoms with E-state index >= 15 is 0 Å². The summed E-state index contributed by atoms with van der Waals surface area (Å²) in [5.74, 6) is 1.13. The molecule has 2 amide bonds. The van der Waals surface area contributed by atoms with Gasteiger partial charge >= 0.3 is 0 Å². The smallest absolute Gasteiger partial charge is 0.242 e. The maximum absolute atomic E-state index is 12.4. The van der Waals surface area contributed by atoms with Gasteiger partial charge in [-0.1, -0.05) is 36.4 Å². The highest BCUT2D eigenvalue weighted by atomic mass is 16.7. The molecule has 1 aliphatic rings. The van der Waals surface area contributed by atoms with Crippen LogP contribution in [0.1, 0.15) is 18.1 Å². The summed E-state index contributed by atoms with van der Waals surface area (Å²) in [6, 6.07) is 15.1. The van der Waals surface area contributed by atoms with Crippen LogP contribution in [-0.4, -0.2) is 36.6 Å². The molecule has 1 heterocycles. The van der Waals surface area contributed by atoms with Crippen LogP contribution in [0.25, 0.3) is 0 Å². The average molecular weight is 354 g/mol. The summed E-state index contributed by atoms with van der Waals surface area (Å²) >= 11 is 0. The fraction of sp³-hybridized carbons (Fsp3) is 0.300. The van der Waals surface area contributed by atoms with Gasteiger partial charge in [0.05, 0.1) is 13.0 Å². The highest BCUT2D eigenvalue weighted by Gasteiger charge is 2.17. The lowest BCUT2D eigenvalue weighted by molar-refractivity contribution is -0.133. The Bertz CT molecular complexity index is 777. The summed E-state index contributed by atoms with van der Waals surface area (Å²) in [5.41, 5.74) is 1.88. The number of likely N-dealkylation sites (N-methyl/N-ethyl adjacent to an activating group) is 1. The molecule has 0 unspecified atom stereocenters. The molecular weight excluding hydrogens is 332 g/mol. The molecule has 136 valence electrons. The Balaban J connectivity index is 1.51. The number of benzene rings is 2. The maximum atomic E-state index is 12.4. The molecule has 0 bridgehead atoms. The van der Waals surface area contributed by atoms with Gasteiger partial charge in [-0.3, -0.25) is 9.59 Å². The first-order valence-electron chi connectivity index (χ1n) is 8.62. The molecule has 0 aliphatic carbocycles. The van der Waals surface area contributed by atoms with Crippen LogP contribution in [0.3, 0.4) is 0 Å². The Kier molecular flexibility index (Phi) is 5.73. The lowest BCUT2D eigenvalue weighted by Gasteiger charge is -2.21. The fourth-order valence-electron chi connectivity index (χ4n) is 2.77. The van der Waals surface area contributed by atoms with E-state index < -0.39 is 0 Å². The third-order valence-electron chi connectivity index (χ3n) is 4.19. The van der Waals surface area contributed by atoms with E-state index in [9.17, 15) is 9.59 Å². The summed E-state index contributed by atoms with van der Waals surface area (Å²) in [6.45, 7) is 3.14. The SMILES string of the molecule is CCN(Cc1ccc2c(c1)OCO2)C(=O)CNC(=O)Cc1ccccc1. The molecule has 0 fully saturated rings. The molecule has 2 aromatic carbocycles. The minimum absolute atomic E-state index is 0.00986. The van der Waals surface area contributed by atoms with Crippen LogP contribution in [-0.2, 0) is 22.6 Å². The molecule has 0 aromatic heterocycles. The van der Waals surface area contributed by atoms with Crippen LogP contribution in [0.5, 0.6) is 11.5 Å². The van der Waals surface area contributed by atoms with E-state index in [2.05, 4.69) is 5.32 Å². The third kappa shape index (κ3) is 4.53. The number of carbonyl (C=O) groups excluding carboxylic acids is 2. The number of carbonyl (C=O) groups is 2. The number of fused-ring (bicyclic) bond motifs is 1. The van der Waals surface area contributed by atoms with E-state index in [-0.39, 0.29) is 31.6 Å². The monoisotopic (exact) mass is 354 g/mol. The van der Waals surface area contributed by atoms with Crippen molar-refractivity contribution in [3.05, 3.63) is 59.7 Å². The van der Waals surface area contributed by atoms with Crippen LogP contribution in [0, 0.1) is 0 Å². The van der Waals surface area contributed by atoms with Gasteiger partial charge in [0.15, 0.2) is 11.5 Å². The molecule has 6 heteroatoms. The van der Waals surface area contributed by atoms with Gasteiger partial charge in [-0.25, -0.2) is 0 Å². The summed E-state index contributed by atoms with van der Waals surface area (Å²) in [6.07, 6.45) is 0.266. The predicted molar refractivity (Wildman–Crippen MR) is 96.8 cm³/mol. The van der Waals surface area contributed by atoms with Crippen molar-refractivity contribution >= 4 is 11.8 Å². The first-order valence-corrected chi connectivity index (χ1v) is 8.62. The lowest BCUT2D eigenvalue weighted by atomic mass is 10.1. The van der Waals surface area contributed by atoms with Crippen LogP contribution in [0.4, 0.5) is 0 Å². The number of nitrogens with zero attached hydrogens (tertiary/aromatic N) is 1. The van der Waals surface area contributed by atoms with Crippen molar-refractivity contribution < 1.29 is 19.1 Å². The molecule has 0 spiro atoms. The van der Waals surface area contributed by atoms with Gasteiger partial charge in [0.2, 0.25) is 18.6 Å². The van der Waals surface area contributed by atoms with Crippen LogP contribution < -0.4 is 14.8 Å². The molecule has 26 heavy (non-hydrogen) atoms. The van der Waals surface area contributed by atoms with Crippen LogP contribution in [0.15, 0.2) is 48.5 Å². The number of hydrogen-bond acceptors (Lipinski definition) is 4. The van der Waals surface area contributed by atoms with Gasteiger partial charge in [0.1, 0.15) is 0 Å². The highest BCUT2D eigenvalue weighted by Crippen LogP contribution is 2.32. The molecule has 3 rings (SSSR count). The average Bonchev–Trinajstić information content (AvgIpc) is 3.13. The van der Waals surface area contributed by atoms with Gasteiger partial charge in [0.25, 0.3) is 0 Å². The highest BCUT2D eigenvalue weighted by molar-refractivity contribution is 5.85.